The van der Waals surface area contributed by atoms with Crippen LogP contribution in [-0.4, -0.2) is 28.0 Å². The summed E-state index contributed by atoms with van der Waals surface area (Å²) in [4.78, 5) is 26.0. The molecular weight excluding hydrogens is 412 g/mol. The van der Waals surface area contributed by atoms with E-state index in [2.05, 4.69) is 52.1 Å². The van der Waals surface area contributed by atoms with Gasteiger partial charge in [-0.25, -0.2) is 4.79 Å². The van der Waals surface area contributed by atoms with Crippen molar-refractivity contribution >= 4 is 23.6 Å². The van der Waals surface area contributed by atoms with E-state index in [1.807, 2.05) is 12.3 Å². The molecule has 0 bridgehead atoms. The number of carboxylic acid groups (broad SMARTS) is 1. The first-order chi connectivity index (χ1) is 14.3. The zero-order valence-corrected chi connectivity index (χ0v) is 20.2. The summed E-state index contributed by atoms with van der Waals surface area (Å²) in [6, 6.07) is 5.61. The highest BCUT2D eigenvalue weighted by atomic mass is 35.5. The highest BCUT2D eigenvalue weighted by molar-refractivity contribution is 6.31. The van der Waals surface area contributed by atoms with Gasteiger partial charge in [0.15, 0.2) is 0 Å². The lowest BCUT2D eigenvalue weighted by atomic mass is 9.66. The van der Waals surface area contributed by atoms with E-state index in [4.69, 9.17) is 11.6 Å². The Hall–Kier alpha value is -2.01. The van der Waals surface area contributed by atoms with Crippen molar-refractivity contribution in [3.8, 4) is 0 Å². The van der Waals surface area contributed by atoms with Crippen LogP contribution in [-0.2, 0) is 11.2 Å². The maximum atomic E-state index is 12.9. The van der Waals surface area contributed by atoms with Gasteiger partial charge in [0, 0.05) is 17.3 Å². The molecule has 0 saturated heterocycles. The number of rotatable bonds is 6. The van der Waals surface area contributed by atoms with Gasteiger partial charge in [-0.05, 0) is 66.7 Å². The number of carbonyl (C=O) groups excluding carboxylic acids is 1. The summed E-state index contributed by atoms with van der Waals surface area (Å²) in [6.45, 7) is 12.6. The Morgan fingerprint density at radius 2 is 1.97 bits per heavy atom. The summed E-state index contributed by atoms with van der Waals surface area (Å²) in [5.74, 6) is -0.577. The second-order valence-electron chi connectivity index (χ2n) is 10.9. The fourth-order valence-corrected chi connectivity index (χ4v) is 4.70. The van der Waals surface area contributed by atoms with Crippen LogP contribution in [0.4, 0.5) is 4.79 Å². The molecule has 1 aromatic rings. The van der Waals surface area contributed by atoms with E-state index in [9.17, 15) is 14.7 Å². The fraction of sp³-hybridized carbons (Fsp3) is 0.600. The number of carbonyl (C=O) groups is 2. The Balaban J connectivity index is 1.81. The minimum atomic E-state index is -0.798. The Bertz CT molecular complexity index is 895. The lowest BCUT2D eigenvalue weighted by molar-refractivity contribution is -0.156. The molecule has 6 heteroatoms. The molecule has 1 heterocycles. The Morgan fingerprint density at radius 3 is 2.48 bits per heavy atom. The number of nitrogens with zero attached hydrogens (tertiary/aromatic N) is 1. The molecule has 1 aromatic carbocycles. The van der Waals surface area contributed by atoms with Crippen LogP contribution in [0.1, 0.15) is 78.0 Å². The van der Waals surface area contributed by atoms with Crippen LogP contribution in [0, 0.1) is 16.7 Å². The predicted molar refractivity (Wildman–Crippen MR) is 124 cm³/mol. The fourth-order valence-electron chi connectivity index (χ4n) is 4.41. The number of benzene rings is 1. The second kappa shape index (κ2) is 8.50. The van der Waals surface area contributed by atoms with Crippen LogP contribution < -0.4 is 5.32 Å². The monoisotopic (exact) mass is 446 g/mol. The SMILES string of the molecule is CC(C)C1=CN([C@H]2C[C@](C)(C(=O)O)C2)C(=O)N[C@@H]1c1ccc(CCC(C)(C)C)c(Cl)c1. The van der Waals surface area contributed by atoms with Crippen molar-refractivity contribution < 1.29 is 14.7 Å². The largest absolute Gasteiger partial charge is 0.481 e. The third-order valence-electron chi connectivity index (χ3n) is 6.63. The maximum Gasteiger partial charge on any atom is 0.322 e. The average Bonchev–Trinajstić information content (AvgIpc) is 2.63. The molecule has 1 aliphatic carbocycles. The zero-order valence-electron chi connectivity index (χ0n) is 19.5. The molecule has 1 fully saturated rings. The first-order valence-electron chi connectivity index (χ1n) is 11.1. The van der Waals surface area contributed by atoms with E-state index in [0.717, 1.165) is 34.6 Å². The molecular formula is C25H35ClN2O3. The number of urea groups is 1. The lowest BCUT2D eigenvalue weighted by Crippen LogP contribution is -2.57. The molecule has 3 rings (SSSR count). The molecule has 0 unspecified atom stereocenters. The average molecular weight is 447 g/mol. The standard InChI is InChI=1S/C25H35ClN2O3/c1-15(2)19-14-28(18-12-25(6,13-18)22(29)30)23(31)27-21(19)17-8-7-16(20(26)11-17)9-10-24(3,4)5/h7-8,11,14-15,18,21H,9-10,12-13H2,1-6H3,(H,27,31)(H,29,30)/t18-,21-,25-/m1/s1. The summed E-state index contributed by atoms with van der Waals surface area (Å²) in [5, 5.41) is 13.3. The summed E-state index contributed by atoms with van der Waals surface area (Å²) in [6.07, 6.45) is 4.84. The molecule has 1 atom stereocenters. The zero-order chi connectivity index (χ0) is 23.1. The van der Waals surface area contributed by atoms with Crippen LogP contribution in [0.15, 0.2) is 30.0 Å². The van der Waals surface area contributed by atoms with E-state index in [1.54, 1.807) is 11.8 Å². The third kappa shape index (κ3) is 5.08. The normalized spacial score (nSPS) is 26.4. The Labute approximate surface area is 190 Å². The van der Waals surface area contributed by atoms with Gasteiger partial charge in [0.25, 0.3) is 0 Å². The molecule has 0 aromatic heterocycles. The molecule has 1 saturated carbocycles. The molecule has 31 heavy (non-hydrogen) atoms. The van der Waals surface area contributed by atoms with Gasteiger partial charge < -0.3 is 10.4 Å². The number of halogens is 1. The maximum absolute atomic E-state index is 12.9. The number of aryl methyl sites for hydroxylation is 1. The smallest absolute Gasteiger partial charge is 0.322 e. The summed E-state index contributed by atoms with van der Waals surface area (Å²) >= 11 is 6.61. The van der Waals surface area contributed by atoms with E-state index in [1.165, 1.54) is 0 Å². The number of nitrogens with one attached hydrogen (secondary N) is 1. The number of hydrogen-bond acceptors (Lipinski definition) is 2. The van der Waals surface area contributed by atoms with Crippen LogP contribution in [0.3, 0.4) is 0 Å². The number of carboxylic acids is 1. The molecule has 0 spiro atoms. The molecule has 2 aliphatic rings. The first-order valence-corrected chi connectivity index (χ1v) is 11.5. The van der Waals surface area contributed by atoms with Crippen LogP contribution in [0.2, 0.25) is 5.02 Å². The minimum Gasteiger partial charge on any atom is -0.481 e. The van der Waals surface area contributed by atoms with Gasteiger partial charge in [0.05, 0.1) is 11.5 Å². The van der Waals surface area contributed by atoms with Crippen molar-refractivity contribution in [2.45, 2.75) is 79.3 Å². The Kier molecular flexibility index (Phi) is 6.48. The quantitative estimate of drug-likeness (QED) is 0.548. The van der Waals surface area contributed by atoms with E-state index < -0.39 is 11.4 Å². The van der Waals surface area contributed by atoms with Crippen LogP contribution in [0.5, 0.6) is 0 Å². The van der Waals surface area contributed by atoms with Gasteiger partial charge in [-0.15, -0.1) is 0 Å². The predicted octanol–water partition coefficient (Wildman–Crippen LogP) is 6.18. The van der Waals surface area contributed by atoms with Gasteiger partial charge in [0.2, 0.25) is 0 Å². The summed E-state index contributed by atoms with van der Waals surface area (Å²) in [5.41, 5.74) is 2.70. The molecule has 1 aliphatic heterocycles. The molecule has 2 amide bonds. The van der Waals surface area contributed by atoms with Crippen molar-refractivity contribution in [3.63, 3.8) is 0 Å². The van der Waals surface area contributed by atoms with Crippen molar-refractivity contribution in [2.75, 3.05) is 0 Å². The van der Waals surface area contributed by atoms with Crippen LogP contribution in [0.25, 0.3) is 0 Å². The van der Waals surface area contributed by atoms with Crippen molar-refractivity contribution in [1.82, 2.24) is 10.2 Å². The molecule has 0 radical (unpaired) electrons. The van der Waals surface area contributed by atoms with Crippen LogP contribution >= 0.6 is 11.6 Å². The van der Waals surface area contributed by atoms with Gasteiger partial charge in [0.1, 0.15) is 0 Å². The molecule has 170 valence electrons. The van der Waals surface area contributed by atoms with Gasteiger partial charge in [-0.1, -0.05) is 58.4 Å². The Morgan fingerprint density at radius 1 is 1.32 bits per heavy atom. The topological polar surface area (TPSA) is 69.6 Å². The van der Waals surface area contributed by atoms with Gasteiger partial charge in [-0.2, -0.15) is 0 Å². The van der Waals surface area contributed by atoms with Gasteiger partial charge in [-0.3, -0.25) is 9.69 Å². The highest BCUT2D eigenvalue weighted by Gasteiger charge is 2.50. The summed E-state index contributed by atoms with van der Waals surface area (Å²) in [7, 11) is 0. The van der Waals surface area contributed by atoms with Gasteiger partial charge >= 0.3 is 12.0 Å². The second-order valence-corrected chi connectivity index (χ2v) is 11.3. The van der Waals surface area contributed by atoms with Crippen molar-refractivity contribution in [3.05, 3.63) is 46.1 Å². The first kappa shape index (κ1) is 23.6. The third-order valence-corrected chi connectivity index (χ3v) is 6.98. The highest BCUT2D eigenvalue weighted by Crippen LogP contribution is 2.45. The molecule has 5 nitrogen and oxygen atoms in total. The number of aliphatic carboxylic acids is 1. The van der Waals surface area contributed by atoms with E-state index >= 15 is 0 Å². The molecule has 2 N–H and O–H groups in total. The lowest BCUT2D eigenvalue weighted by Gasteiger charge is -2.48. The van der Waals surface area contributed by atoms with E-state index in [-0.39, 0.29) is 29.4 Å². The number of amides is 2. The van der Waals surface area contributed by atoms with E-state index in [0.29, 0.717) is 12.8 Å². The minimum absolute atomic E-state index is 0.0841. The number of hydrogen-bond donors (Lipinski definition) is 2. The summed E-state index contributed by atoms with van der Waals surface area (Å²) < 4.78 is 0. The van der Waals surface area contributed by atoms with Crippen molar-refractivity contribution in [1.29, 1.82) is 0 Å². The van der Waals surface area contributed by atoms with Crippen molar-refractivity contribution in [2.24, 2.45) is 16.7 Å².